The molecule has 5 heteroatoms. The van der Waals surface area contributed by atoms with Crippen LogP contribution in [-0.2, 0) is 12.9 Å². The normalized spacial score (nSPS) is 10.2. The summed E-state index contributed by atoms with van der Waals surface area (Å²) in [6.45, 7) is 0. The van der Waals surface area contributed by atoms with Crippen molar-refractivity contribution in [1.82, 2.24) is 9.55 Å². The van der Waals surface area contributed by atoms with Gasteiger partial charge in [-0.2, -0.15) is 0 Å². The molecule has 0 saturated carbocycles. The molecule has 1 aromatic heterocycles. The second-order valence-corrected chi connectivity index (χ2v) is 4.04. The Bertz CT molecular complexity index is 453. The lowest BCUT2D eigenvalue weighted by atomic mass is 10.3. The van der Waals surface area contributed by atoms with E-state index in [2.05, 4.69) is 20.9 Å². The Morgan fingerprint density at radius 3 is 2.86 bits per heavy atom. The van der Waals surface area contributed by atoms with E-state index in [1.165, 1.54) is 0 Å². The van der Waals surface area contributed by atoms with Gasteiger partial charge in [-0.25, -0.2) is 4.98 Å². The molecule has 2 rings (SSSR count). The third-order valence-electron chi connectivity index (χ3n) is 2.06. The molecule has 0 aliphatic carbocycles. The molecule has 2 nitrogen and oxygen atoms in total. The predicted molar refractivity (Wildman–Crippen MR) is 65.2 cm³/mol. The van der Waals surface area contributed by atoms with Gasteiger partial charge >= 0.3 is 0 Å². The third kappa shape index (κ3) is 1.90. The van der Waals surface area contributed by atoms with Crippen LogP contribution in [0.4, 0.5) is 0 Å². The summed E-state index contributed by atoms with van der Waals surface area (Å²) in [4.78, 5) is 4.39. The van der Waals surface area contributed by atoms with Crippen molar-refractivity contribution >= 4 is 51.0 Å². The number of hydrogen-bond acceptors (Lipinski definition) is 1. The summed E-state index contributed by atoms with van der Waals surface area (Å²) in [6, 6.07) is 6.02. The fraction of sp³-hybridized carbons (Fsp3) is 0.222. The van der Waals surface area contributed by atoms with Gasteiger partial charge in [0.15, 0.2) is 0 Å². The molecule has 0 radical (unpaired) electrons. The van der Waals surface area contributed by atoms with Crippen LogP contribution >= 0.6 is 39.9 Å². The molecule has 0 saturated heterocycles. The molecule has 0 unspecified atom stereocenters. The van der Waals surface area contributed by atoms with Gasteiger partial charge in [-0.1, -0.05) is 15.9 Å². The predicted octanol–water partition coefficient (Wildman–Crippen LogP) is 3.50. The maximum absolute atomic E-state index is 5.75. The monoisotopic (exact) mass is 294 g/mol. The van der Waals surface area contributed by atoms with Crippen LogP contribution < -0.4 is 0 Å². The highest BCUT2D eigenvalue weighted by molar-refractivity contribution is 9.10. The quantitative estimate of drug-likeness (QED) is 0.736. The second kappa shape index (κ2) is 4.51. The number of hydrogen-bond donors (Lipinski definition) is 0. The van der Waals surface area contributed by atoms with Crippen LogP contribution in [0.2, 0.25) is 0 Å². The average molecular weight is 296 g/mol. The SMILES string of the molecule is Cl.Cn1c(CCl)nc2cc(Br)ccc21. The molecule has 0 aliphatic rings. The Morgan fingerprint density at radius 1 is 1.50 bits per heavy atom. The van der Waals surface area contributed by atoms with Gasteiger partial charge in [0.25, 0.3) is 0 Å². The average Bonchev–Trinajstić information content (AvgIpc) is 2.42. The zero-order chi connectivity index (χ0) is 9.42. The van der Waals surface area contributed by atoms with Crippen molar-refractivity contribution in [1.29, 1.82) is 0 Å². The summed E-state index contributed by atoms with van der Waals surface area (Å²) in [5, 5.41) is 0. The molecule has 1 aromatic carbocycles. The topological polar surface area (TPSA) is 17.8 Å². The van der Waals surface area contributed by atoms with Gasteiger partial charge in [-0.05, 0) is 18.2 Å². The summed E-state index contributed by atoms with van der Waals surface area (Å²) in [6.07, 6.45) is 0. The highest BCUT2D eigenvalue weighted by Crippen LogP contribution is 2.20. The van der Waals surface area contributed by atoms with Crippen LogP contribution in [0, 0.1) is 0 Å². The number of aromatic nitrogens is 2. The van der Waals surface area contributed by atoms with Crippen LogP contribution in [-0.4, -0.2) is 9.55 Å². The molecule has 2 aromatic rings. The number of imidazole rings is 1. The van der Waals surface area contributed by atoms with E-state index in [-0.39, 0.29) is 12.4 Å². The first-order chi connectivity index (χ1) is 6.22. The van der Waals surface area contributed by atoms with Gasteiger partial charge in [-0.15, -0.1) is 24.0 Å². The van der Waals surface area contributed by atoms with Gasteiger partial charge < -0.3 is 4.57 Å². The summed E-state index contributed by atoms with van der Waals surface area (Å²) < 4.78 is 3.05. The van der Waals surface area contributed by atoms with Gasteiger partial charge in [0.05, 0.1) is 16.9 Å². The lowest BCUT2D eigenvalue weighted by molar-refractivity contribution is 0.874. The van der Waals surface area contributed by atoms with E-state index in [1.54, 1.807) is 0 Å². The number of benzene rings is 1. The Hall–Kier alpha value is -0.250. The summed E-state index contributed by atoms with van der Waals surface area (Å²) in [5.41, 5.74) is 2.09. The van der Waals surface area contributed by atoms with E-state index in [4.69, 9.17) is 11.6 Å². The number of rotatable bonds is 1. The van der Waals surface area contributed by atoms with Gasteiger partial charge in [0.2, 0.25) is 0 Å². The zero-order valence-corrected chi connectivity index (χ0v) is 10.7. The fourth-order valence-corrected chi connectivity index (χ4v) is 1.93. The number of halogens is 3. The Labute approximate surface area is 102 Å². The number of nitrogens with zero attached hydrogens (tertiary/aromatic N) is 2. The van der Waals surface area contributed by atoms with E-state index in [9.17, 15) is 0 Å². The molecule has 0 fully saturated rings. The first kappa shape index (κ1) is 11.8. The van der Waals surface area contributed by atoms with Crippen molar-refractivity contribution in [3.63, 3.8) is 0 Å². The maximum atomic E-state index is 5.75. The minimum absolute atomic E-state index is 0. The van der Waals surface area contributed by atoms with E-state index >= 15 is 0 Å². The molecular formula is C9H9BrCl2N2. The van der Waals surface area contributed by atoms with Crippen molar-refractivity contribution in [3.8, 4) is 0 Å². The zero-order valence-electron chi connectivity index (χ0n) is 7.50. The lowest BCUT2D eigenvalue weighted by Gasteiger charge is -1.96. The van der Waals surface area contributed by atoms with Crippen LogP contribution in [0.3, 0.4) is 0 Å². The standard InChI is InChI=1S/C9H8BrClN2.ClH/c1-13-8-3-2-6(10)4-7(8)12-9(13)5-11;/h2-4H,5H2,1H3;1H. The highest BCUT2D eigenvalue weighted by Gasteiger charge is 2.05. The van der Waals surface area contributed by atoms with Crippen LogP contribution in [0.1, 0.15) is 5.82 Å². The number of fused-ring (bicyclic) bond motifs is 1. The van der Waals surface area contributed by atoms with Crippen molar-refractivity contribution < 1.29 is 0 Å². The molecule has 14 heavy (non-hydrogen) atoms. The molecule has 0 aliphatic heterocycles. The summed E-state index contributed by atoms with van der Waals surface area (Å²) >= 11 is 9.15. The molecule has 76 valence electrons. The van der Waals surface area contributed by atoms with E-state index in [1.807, 2.05) is 29.8 Å². The van der Waals surface area contributed by atoms with E-state index in [0.29, 0.717) is 5.88 Å². The van der Waals surface area contributed by atoms with Gasteiger partial charge in [0.1, 0.15) is 5.82 Å². The summed E-state index contributed by atoms with van der Waals surface area (Å²) in [7, 11) is 1.97. The fourth-order valence-electron chi connectivity index (χ4n) is 1.34. The van der Waals surface area contributed by atoms with Crippen molar-refractivity contribution in [3.05, 3.63) is 28.5 Å². The molecule has 0 N–H and O–H groups in total. The minimum Gasteiger partial charge on any atom is -0.330 e. The molecule has 0 bridgehead atoms. The Kier molecular flexibility index (Phi) is 3.81. The van der Waals surface area contributed by atoms with Crippen molar-refractivity contribution in [2.24, 2.45) is 7.05 Å². The molecule has 0 atom stereocenters. The Balaban J connectivity index is 0.000000980. The van der Waals surface area contributed by atoms with Crippen molar-refractivity contribution in [2.75, 3.05) is 0 Å². The number of aryl methyl sites for hydroxylation is 1. The van der Waals surface area contributed by atoms with Crippen LogP contribution in [0.15, 0.2) is 22.7 Å². The smallest absolute Gasteiger partial charge is 0.124 e. The lowest BCUT2D eigenvalue weighted by Crippen LogP contribution is -1.93. The largest absolute Gasteiger partial charge is 0.330 e. The van der Waals surface area contributed by atoms with E-state index < -0.39 is 0 Å². The Morgan fingerprint density at radius 2 is 2.21 bits per heavy atom. The van der Waals surface area contributed by atoms with E-state index in [0.717, 1.165) is 21.3 Å². The van der Waals surface area contributed by atoms with Crippen molar-refractivity contribution in [2.45, 2.75) is 5.88 Å². The molecule has 0 amide bonds. The maximum Gasteiger partial charge on any atom is 0.124 e. The first-order valence-corrected chi connectivity index (χ1v) is 5.22. The third-order valence-corrected chi connectivity index (χ3v) is 2.79. The first-order valence-electron chi connectivity index (χ1n) is 3.89. The highest BCUT2D eigenvalue weighted by atomic mass is 79.9. The van der Waals surface area contributed by atoms with Gasteiger partial charge in [0, 0.05) is 11.5 Å². The molecular weight excluding hydrogens is 287 g/mol. The summed E-state index contributed by atoms with van der Waals surface area (Å²) in [5.74, 6) is 1.35. The van der Waals surface area contributed by atoms with Crippen LogP contribution in [0.5, 0.6) is 0 Å². The second-order valence-electron chi connectivity index (χ2n) is 2.85. The van der Waals surface area contributed by atoms with Crippen LogP contribution in [0.25, 0.3) is 11.0 Å². The van der Waals surface area contributed by atoms with Gasteiger partial charge in [-0.3, -0.25) is 0 Å². The molecule has 0 spiro atoms. The minimum atomic E-state index is 0. The molecule has 1 heterocycles. The number of alkyl halides is 1.